The van der Waals surface area contributed by atoms with E-state index in [1.54, 1.807) is 18.4 Å². The highest BCUT2D eigenvalue weighted by Gasteiger charge is 2.06. The van der Waals surface area contributed by atoms with Crippen molar-refractivity contribution in [3.8, 4) is 5.75 Å². The van der Waals surface area contributed by atoms with Crippen molar-refractivity contribution in [1.82, 2.24) is 4.98 Å². The van der Waals surface area contributed by atoms with Crippen molar-refractivity contribution in [2.24, 2.45) is 0 Å². The Kier molecular flexibility index (Phi) is 3.66. The number of rotatable bonds is 4. The Hall–Kier alpha value is -2.27. The summed E-state index contributed by atoms with van der Waals surface area (Å²) in [7, 11) is 1.67. The third kappa shape index (κ3) is 2.92. The minimum Gasteiger partial charge on any atom is -0.497 e. The molecule has 0 saturated heterocycles. The maximum Gasteiger partial charge on any atom is 0.119 e. The summed E-state index contributed by atoms with van der Waals surface area (Å²) in [6.45, 7) is 2.69. The fraction of sp³-hybridized carbons (Fsp3) is 0.188. The van der Waals surface area contributed by atoms with Crippen LogP contribution in [0.25, 0.3) is 10.2 Å². The average Bonchev–Trinajstić information content (AvgIpc) is 2.84. The maximum absolute atomic E-state index is 6.11. The minimum absolute atomic E-state index is 0.691. The molecule has 3 aromatic rings. The zero-order valence-corrected chi connectivity index (χ0v) is 12.8. The fourth-order valence-electron chi connectivity index (χ4n) is 2.24. The van der Waals surface area contributed by atoms with Crippen molar-refractivity contribution in [1.29, 1.82) is 0 Å². The van der Waals surface area contributed by atoms with E-state index in [9.17, 15) is 0 Å². The molecule has 1 aromatic heterocycles. The molecule has 108 valence electrons. The van der Waals surface area contributed by atoms with Crippen molar-refractivity contribution in [3.05, 3.63) is 47.0 Å². The maximum atomic E-state index is 6.11. The second-order valence-corrected chi connectivity index (χ2v) is 6.08. The van der Waals surface area contributed by atoms with Gasteiger partial charge in [-0.3, -0.25) is 0 Å². The summed E-state index contributed by atoms with van der Waals surface area (Å²) >= 11 is 1.66. The molecule has 0 aliphatic rings. The van der Waals surface area contributed by atoms with Gasteiger partial charge in [-0.25, -0.2) is 4.98 Å². The molecule has 21 heavy (non-hydrogen) atoms. The van der Waals surface area contributed by atoms with Gasteiger partial charge in [-0.15, -0.1) is 11.3 Å². The number of hydrogen-bond acceptors (Lipinski definition) is 5. The molecule has 3 N–H and O–H groups in total. The molecule has 0 amide bonds. The highest BCUT2D eigenvalue weighted by molar-refractivity contribution is 7.18. The van der Waals surface area contributed by atoms with Crippen LogP contribution in [-0.4, -0.2) is 12.1 Å². The molecule has 0 aliphatic heterocycles. The van der Waals surface area contributed by atoms with Gasteiger partial charge in [0.15, 0.2) is 0 Å². The summed E-state index contributed by atoms with van der Waals surface area (Å²) in [5, 5.41) is 4.42. The number of nitrogens with two attached hydrogens (primary N) is 1. The van der Waals surface area contributed by atoms with Crippen LogP contribution in [0.2, 0.25) is 0 Å². The number of aryl methyl sites for hydroxylation is 1. The highest BCUT2D eigenvalue weighted by Crippen LogP contribution is 2.30. The standard InChI is InChI=1S/C16H17N3OS/c1-10-19-15-8-14(13(17)7-16(15)21-10)18-9-11-4-3-5-12(6-11)20-2/h3-8,18H,9,17H2,1-2H3. The topological polar surface area (TPSA) is 60.2 Å². The van der Waals surface area contributed by atoms with E-state index in [1.807, 2.05) is 37.3 Å². The molecular weight excluding hydrogens is 282 g/mol. The molecule has 1 heterocycles. The molecular formula is C16H17N3OS. The predicted molar refractivity (Wildman–Crippen MR) is 89.1 cm³/mol. The monoisotopic (exact) mass is 299 g/mol. The zero-order chi connectivity index (χ0) is 14.8. The van der Waals surface area contributed by atoms with E-state index in [4.69, 9.17) is 10.5 Å². The Morgan fingerprint density at radius 1 is 1.29 bits per heavy atom. The van der Waals surface area contributed by atoms with Crippen LogP contribution in [0.3, 0.4) is 0 Å². The Morgan fingerprint density at radius 3 is 2.95 bits per heavy atom. The zero-order valence-electron chi connectivity index (χ0n) is 12.0. The summed E-state index contributed by atoms with van der Waals surface area (Å²) in [5.74, 6) is 0.854. The highest BCUT2D eigenvalue weighted by atomic mass is 32.1. The third-order valence-electron chi connectivity index (χ3n) is 3.28. The predicted octanol–water partition coefficient (Wildman–Crippen LogP) is 3.81. The lowest BCUT2D eigenvalue weighted by atomic mass is 10.2. The van der Waals surface area contributed by atoms with Crippen LogP contribution >= 0.6 is 11.3 Å². The van der Waals surface area contributed by atoms with Crippen molar-refractivity contribution < 1.29 is 4.74 Å². The van der Waals surface area contributed by atoms with E-state index in [0.29, 0.717) is 6.54 Å². The summed E-state index contributed by atoms with van der Waals surface area (Å²) < 4.78 is 6.35. The Morgan fingerprint density at radius 2 is 2.14 bits per heavy atom. The van der Waals surface area contributed by atoms with E-state index in [-0.39, 0.29) is 0 Å². The fourth-order valence-corrected chi connectivity index (χ4v) is 3.09. The van der Waals surface area contributed by atoms with Gasteiger partial charge in [0.25, 0.3) is 0 Å². The summed E-state index contributed by atoms with van der Waals surface area (Å²) in [5.41, 5.74) is 9.89. The van der Waals surface area contributed by atoms with Crippen LogP contribution in [0, 0.1) is 6.92 Å². The van der Waals surface area contributed by atoms with Crippen LogP contribution in [-0.2, 0) is 6.54 Å². The van der Waals surface area contributed by atoms with Gasteiger partial charge in [-0.05, 0) is 36.8 Å². The number of nitrogen functional groups attached to an aromatic ring is 1. The molecule has 2 aromatic carbocycles. The Balaban J connectivity index is 1.82. The Labute approximate surface area is 127 Å². The molecule has 0 radical (unpaired) electrons. The van der Waals surface area contributed by atoms with E-state index in [0.717, 1.165) is 37.9 Å². The first-order valence-electron chi connectivity index (χ1n) is 6.69. The SMILES string of the molecule is COc1cccc(CNc2cc3nc(C)sc3cc2N)c1. The minimum atomic E-state index is 0.691. The molecule has 5 heteroatoms. The van der Waals surface area contributed by atoms with Gasteiger partial charge in [0.1, 0.15) is 5.75 Å². The van der Waals surface area contributed by atoms with Gasteiger partial charge in [0, 0.05) is 6.54 Å². The molecule has 0 aliphatic carbocycles. The molecule has 0 fully saturated rings. The number of methoxy groups -OCH3 is 1. The second kappa shape index (κ2) is 5.61. The van der Waals surface area contributed by atoms with Gasteiger partial charge in [0.05, 0.1) is 33.7 Å². The smallest absolute Gasteiger partial charge is 0.119 e. The van der Waals surface area contributed by atoms with E-state index in [2.05, 4.69) is 16.4 Å². The number of nitrogens with one attached hydrogen (secondary N) is 1. The first kappa shape index (κ1) is 13.7. The molecule has 0 saturated carbocycles. The van der Waals surface area contributed by atoms with Crippen molar-refractivity contribution in [3.63, 3.8) is 0 Å². The number of anilines is 2. The number of thiazole rings is 1. The second-order valence-electron chi connectivity index (χ2n) is 4.85. The van der Waals surface area contributed by atoms with Gasteiger partial charge in [-0.1, -0.05) is 12.1 Å². The average molecular weight is 299 g/mol. The summed E-state index contributed by atoms with van der Waals surface area (Å²) in [6.07, 6.45) is 0. The van der Waals surface area contributed by atoms with Gasteiger partial charge in [0.2, 0.25) is 0 Å². The molecule has 0 atom stereocenters. The number of benzene rings is 2. The number of nitrogens with zero attached hydrogens (tertiary/aromatic N) is 1. The number of ether oxygens (including phenoxy) is 1. The quantitative estimate of drug-likeness (QED) is 0.719. The molecule has 0 spiro atoms. The van der Waals surface area contributed by atoms with Crippen LogP contribution < -0.4 is 15.8 Å². The molecule has 3 rings (SSSR count). The number of hydrogen-bond donors (Lipinski definition) is 2. The normalized spacial score (nSPS) is 10.8. The van der Waals surface area contributed by atoms with Crippen LogP contribution in [0.15, 0.2) is 36.4 Å². The first-order chi connectivity index (χ1) is 10.2. The lowest BCUT2D eigenvalue weighted by molar-refractivity contribution is 0.414. The number of aromatic nitrogens is 1. The lowest BCUT2D eigenvalue weighted by Gasteiger charge is -2.10. The Bertz CT molecular complexity index is 782. The van der Waals surface area contributed by atoms with Crippen LogP contribution in [0.5, 0.6) is 5.75 Å². The van der Waals surface area contributed by atoms with Gasteiger partial charge in [-0.2, -0.15) is 0 Å². The lowest BCUT2D eigenvalue weighted by Crippen LogP contribution is -2.02. The van der Waals surface area contributed by atoms with Gasteiger partial charge < -0.3 is 15.8 Å². The van der Waals surface area contributed by atoms with Crippen LogP contribution in [0.1, 0.15) is 10.6 Å². The van der Waals surface area contributed by atoms with Crippen molar-refractivity contribution in [2.75, 3.05) is 18.2 Å². The van der Waals surface area contributed by atoms with E-state index >= 15 is 0 Å². The van der Waals surface area contributed by atoms with Crippen molar-refractivity contribution in [2.45, 2.75) is 13.5 Å². The molecule has 4 nitrogen and oxygen atoms in total. The molecule has 0 unspecified atom stereocenters. The van der Waals surface area contributed by atoms with Crippen LogP contribution in [0.4, 0.5) is 11.4 Å². The summed E-state index contributed by atoms with van der Waals surface area (Å²) in [6, 6.07) is 12.0. The largest absolute Gasteiger partial charge is 0.497 e. The van der Waals surface area contributed by atoms with E-state index < -0.39 is 0 Å². The number of fused-ring (bicyclic) bond motifs is 1. The van der Waals surface area contributed by atoms with Crippen molar-refractivity contribution >= 4 is 32.9 Å². The van der Waals surface area contributed by atoms with E-state index in [1.165, 1.54) is 0 Å². The summed E-state index contributed by atoms with van der Waals surface area (Å²) in [4.78, 5) is 4.50. The van der Waals surface area contributed by atoms with Gasteiger partial charge >= 0.3 is 0 Å². The molecule has 0 bridgehead atoms. The third-order valence-corrected chi connectivity index (χ3v) is 4.22. The first-order valence-corrected chi connectivity index (χ1v) is 7.51.